The summed E-state index contributed by atoms with van der Waals surface area (Å²) in [7, 11) is 0. The van der Waals surface area contributed by atoms with Crippen LogP contribution in [0.3, 0.4) is 0 Å². The van der Waals surface area contributed by atoms with Crippen LogP contribution in [-0.4, -0.2) is 54.3 Å². The van der Waals surface area contributed by atoms with Crippen molar-refractivity contribution >= 4 is 24.8 Å². The van der Waals surface area contributed by atoms with E-state index in [0.29, 0.717) is 25.0 Å². The molecule has 2 saturated heterocycles. The maximum absolute atomic E-state index is 13.1. The van der Waals surface area contributed by atoms with Crippen LogP contribution in [0.1, 0.15) is 25.0 Å². The van der Waals surface area contributed by atoms with Crippen molar-refractivity contribution < 1.29 is 4.39 Å². The van der Waals surface area contributed by atoms with Gasteiger partial charge in [-0.25, -0.2) is 4.39 Å². The molecule has 3 rings (SSSR count). The van der Waals surface area contributed by atoms with E-state index >= 15 is 0 Å². The van der Waals surface area contributed by atoms with Crippen LogP contribution in [0.2, 0.25) is 0 Å². The Balaban J connectivity index is 0.00000132. The zero-order valence-electron chi connectivity index (χ0n) is 13.3. The van der Waals surface area contributed by atoms with E-state index in [4.69, 9.17) is 0 Å². The van der Waals surface area contributed by atoms with Gasteiger partial charge in [-0.15, -0.1) is 24.8 Å². The van der Waals surface area contributed by atoms with Crippen molar-refractivity contribution in [1.29, 1.82) is 0 Å². The number of nitrogens with zero attached hydrogens (tertiary/aromatic N) is 2. The SMILES string of the molecule is Cl.Cl.F[C@@H]1CN[C@H](CNC2CCN(Cc3ccccn3)CC2)C1. The van der Waals surface area contributed by atoms with Gasteiger partial charge < -0.3 is 10.6 Å². The maximum Gasteiger partial charge on any atom is 0.114 e. The molecule has 0 saturated carbocycles. The number of aromatic nitrogens is 1. The van der Waals surface area contributed by atoms with Gasteiger partial charge >= 0.3 is 0 Å². The third kappa shape index (κ3) is 6.51. The quantitative estimate of drug-likeness (QED) is 0.839. The summed E-state index contributed by atoms with van der Waals surface area (Å²) in [6, 6.07) is 6.97. The fourth-order valence-corrected chi connectivity index (χ4v) is 3.25. The molecule has 0 spiro atoms. The van der Waals surface area contributed by atoms with Crippen molar-refractivity contribution in [2.24, 2.45) is 0 Å². The van der Waals surface area contributed by atoms with Gasteiger partial charge in [-0.3, -0.25) is 9.88 Å². The lowest BCUT2D eigenvalue weighted by molar-refractivity contribution is 0.187. The van der Waals surface area contributed by atoms with E-state index in [2.05, 4.69) is 26.6 Å². The Labute approximate surface area is 150 Å². The van der Waals surface area contributed by atoms with Crippen LogP contribution in [-0.2, 0) is 6.54 Å². The fourth-order valence-electron chi connectivity index (χ4n) is 3.25. The molecule has 2 N–H and O–H groups in total. The van der Waals surface area contributed by atoms with Crippen LogP contribution >= 0.6 is 24.8 Å². The van der Waals surface area contributed by atoms with Gasteiger partial charge in [-0.05, 0) is 31.4 Å². The summed E-state index contributed by atoms with van der Waals surface area (Å²) in [5, 5.41) is 6.83. The molecule has 132 valence electrons. The van der Waals surface area contributed by atoms with Gasteiger partial charge in [0.15, 0.2) is 0 Å². The molecule has 7 heteroatoms. The first-order chi connectivity index (χ1) is 10.3. The van der Waals surface area contributed by atoms with Gasteiger partial charge in [-0.2, -0.15) is 0 Å². The zero-order valence-corrected chi connectivity index (χ0v) is 14.9. The molecule has 2 aliphatic heterocycles. The van der Waals surface area contributed by atoms with Gasteiger partial charge in [0.25, 0.3) is 0 Å². The van der Waals surface area contributed by atoms with Crippen molar-refractivity contribution in [3.05, 3.63) is 30.1 Å². The van der Waals surface area contributed by atoms with Crippen molar-refractivity contribution in [2.45, 2.75) is 44.1 Å². The predicted octanol–water partition coefficient (Wildman–Crippen LogP) is 2.18. The molecular weight excluding hydrogens is 338 g/mol. The first-order valence-corrected chi connectivity index (χ1v) is 8.02. The number of piperidine rings is 1. The van der Waals surface area contributed by atoms with Crippen LogP contribution in [0.25, 0.3) is 0 Å². The average molecular weight is 365 g/mol. The largest absolute Gasteiger partial charge is 0.312 e. The Kier molecular flexibility index (Phi) is 9.32. The summed E-state index contributed by atoms with van der Waals surface area (Å²) in [5.41, 5.74) is 1.15. The Bertz CT molecular complexity index is 429. The number of nitrogens with one attached hydrogen (secondary N) is 2. The minimum absolute atomic E-state index is 0. The lowest BCUT2D eigenvalue weighted by Gasteiger charge is -2.32. The number of pyridine rings is 1. The van der Waals surface area contributed by atoms with E-state index in [-0.39, 0.29) is 24.8 Å². The molecule has 0 aliphatic carbocycles. The third-order valence-electron chi connectivity index (χ3n) is 4.52. The number of likely N-dealkylation sites (tertiary alicyclic amines) is 1. The zero-order chi connectivity index (χ0) is 14.5. The van der Waals surface area contributed by atoms with Crippen LogP contribution in [0, 0.1) is 0 Å². The average Bonchev–Trinajstić information content (AvgIpc) is 2.93. The Morgan fingerprint density at radius 3 is 2.65 bits per heavy atom. The summed E-state index contributed by atoms with van der Waals surface area (Å²) in [5.74, 6) is 0. The molecule has 23 heavy (non-hydrogen) atoms. The molecule has 1 aromatic rings. The summed E-state index contributed by atoms with van der Waals surface area (Å²) < 4.78 is 13.1. The van der Waals surface area contributed by atoms with Crippen molar-refractivity contribution in [3.8, 4) is 0 Å². The maximum atomic E-state index is 13.1. The molecular formula is C16H27Cl2FN4. The molecule has 0 unspecified atom stereocenters. The molecule has 0 bridgehead atoms. The number of hydrogen-bond acceptors (Lipinski definition) is 4. The lowest BCUT2D eigenvalue weighted by atomic mass is 10.0. The second-order valence-corrected chi connectivity index (χ2v) is 6.22. The van der Waals surface area contributed by atoms with Gasteiger partial charge in [0.05, 0.1) is 5.69 Å². The van der Waals surface area contributed by atoms with Gasteiger partial charge in [-0.1, -0.05) is 6.07 Å². The molecule has 4 nitrogen and oxygen atoms in total. The van der Waals surface area contributed by atoms with Crippen LogP contribution in [0.15, 0.2) is 24.4 Å². The number of alkyl halides is 1. The van der Waals surface area contributed by atoms with E-state index < -0.39 is 6.17 Å². The third-order valence-corrected chi connectivity index (χ3v) is 4.52. The number of halogens is 3. The fraction of sp³-hybridized carbons (Fsp3) is 0.688. The molecule has 3 heterocycles. The highest BCUT2D eigenvalue weighted by Gasteiger charge is 2.25. The van der Waals surface area contributed by atoms with E-state index in [1.807, 2.05) is 18.3 Å². The first kappa shape index (κ1) is 20.6. The molecule has 2 fully saturated rings. The topological polar surface area (TPSA) is 40.2 Å². The summed E-state index contributed by atoms with van der Waals surface area (Å²) in [4.78, 5) is 6.85. The molecule has 0 aromatic carbocycles. The highest BCUT2D eigenvalue weighted by molar-refractivity contribution is 5.85. The smallest absolute Gasteiger partial charge is 0.114 e. The summed E-state index contributed by atoms with van der Waals surface area (Å²) in [6.45, 7) is 4.58. The molecule has 2 atom stereocenters. The van der Waals surface area contributed by atoms with E-state index in [1.54, 1.807) is 0 Å². The van der Waals surface area contributed by atoms with E-state index in [1.165, 1.54) is 12.8 Å². The van der Waals surface area contributed by atoms with Crippen LogP contribution in [0.5, 0.6) is 0 Å². The van der Waals surface area contributed by atoms with Crippen molar-refractivity contribution in [2.75, 3.05) is 26.2 Å². The molecule has 0 amide bonds. The minimum Gasteiger partial charge on any atom is -0.312 e. The Morgan fingerprint density at radius 1 is 1.26 bits per heavy atom. The number of rotatable bonds is 5. The van der Waals surface area contributed by atoms with Crippen molar-refractivity contribution in [3.63, 3.8) is 0 Å². The van der Waals surface area contributed by atoms with Crippen molar-refractivity contribution in [1.82, 2.24) is 20.5 Å². The van der Waals surface area contributed by atoms with E-state index in [0.717, 1.165) is 31.9 Å². The summed E-state index contributed by atoms with van der Waals surface area (Å²) >= 11 is 0. The van der Waals surface area contributed by atoms with Crippen LogP contribution < -0.4 is 10.6 Å². The summed E-state index contributed by atoms with van der Waals surface area (Å²) in [6.07, 6.45) is 4.19. The van der Waals surface area contributed by atoms with Gasteiger partial charge in [0.1, 0.15) is 6.17 Å². The highest BCUT2D eigenvalue weighted by Crippen LogP contribution is 2.14. The normalized spacial score (nSPS) is 25.6. The predicted molar refractivity (Wildman–Crippen MR) is 96.3 cm³/mol. The Morgan fingerprint density at radius 2 is 2.04 bits per heavy atom. The Hall–Kier alpha value is -0.460. The second-order valence-electron chi connectivity index (χ2n) is 6.22. The molecule has 0 radical (unpaired) electrons. The lowest BCUT2D eigenvalue weighted by Crippen LogP contribution is -2.45. The molecule has 1 aromatic heterocycles. The second kappa shape index (κ2) is 10.4. The first-order valence-electron chi connectivity index (χ1n) is 8.02. The van der Waals surface area contributed by atoms with E-state index in [9.17, 15) is 4.39 Å². The number of hydrogen-bond donors (Lipinski definition) is 2. The minimum atomic E-state index is -0.656. The highest BCUT2D eigenvalue weighted by atomic mass is 35.5. The monoisotopic (exact) mass is 364 g/mol. The van der Waals surface area contributed by atoms with Gasteiger partial charge in [0, 0.05) is 51.0 Å². The van der Waals surface area contributed by atoms with Gasteiger partial charge in [0.2, 0.25) is 0 Å². The standard InChI is InChI=1S/C16H25FN4.2ClH/c17-13-9-16(19-10-13)11-20-14-4-7-21(8-5-14)12-15-3-1-2-6-18-15;;/h1-3,6,13-14,16,19-20H,4-5,7-12H2;2*1H/t13-,16-;;/m0../s1. The van der Waals surface area contributed by atoms with Crippen LogP contribution in [0.4, 0.5) is 4.39 Å². The molecule has 2 aliphatic rings.